The van der Waals surface area contributed by atoms with Crippen LogP contribution in [0.4, 0.5) is 0 Å². The number of aryl methyl sites for hydroxylation is 2. The van der Waals surface area contributed by atoms with Gasteiger partial charge in [-0.1, -0.05) is 42.1 Å². The first-order chi connectivity index (χ1) is 16.2. The highest BCUT2D eigenvalue weighted by atomic mass is 32.2. The summed E-state index contributed by atoms with van der Waals surface area (Å²) in [6.45, 7) is 4.00. The number of benzene rings is 2. The Kier molecular flexibility index (Phi) is 4.73. The first-order valence-electron chi connectivity index (χ1n) is 10.5. The van der Waals surface area contributed by atoms with Gasteiger partial charge in [-0.05, 0) is 49.7 Å². The minimum atomic E-state index is 0.590. The summed E-state index contributed by atoms with van der Waals surface area (Å²) in [7, 11) is 0. The van der Waals surface area contributed by atoms with Gasteiger partial charge in [0, 0.05) is 16.7 Å². The molecule has 0 spiro atoms. The average Bonchev–Trinajstić information content (AvgIpc) is 3.58. The molecule has 6 aromatic rings. The van der Waals surface area contributed by atoms with E-state index in [1.54, 1.807) is 18.0 Å². The van der Waals surface area contributed by atoms with Crippen molar-refractivity contribution in [3.05, 3.63) is 83.9 Å². The van der Waals surface area contributed by atoms with Gasteiger partial charge in [-0.3, -0.25) is 4.40 Å². The van der Waals surface area contributed by atoms with Gasteiger partial charge in [-0.15, -0.1) is 10.2 Å². The summed E-state index contributed by atoms with van der Waals surface area (Å²) in [5, 5.41) is 10.6. The molecular formula is C25H19N5O2S. The molecule has 0 amide bonds. The lowest BCUT2D eigenvalue weighted by Crippen LogP contribution is -1.99. The Labute approximate surface area is 193 Å². The van der Waals surface area contributed by atoms with Gasteiger partial charge in [0.05, 0.1) is 17.5 Å². The maximum Gasteiger partial charge on any atom is 0.226 e. The molecule has 6 rings (SSSR count). The lowest BCUT2D eigenvalue weighted by molar-refractivity contribution is 0.540. The molecule has 2 aromatic carbocycles. The molecule has 4 heterocycles. The van der Waals surface area contributed by atoms with Gasteiger partial charge >= 0.3 is 0 Å². The van der Waals surface area contributed by atoms with Gasteiger partial charge in [0.15, 0.2) is 22.4 Å². The van der Waals surface area contributed by atoms with Crippen LogP contribution in [-0.2, 0) is 5.75 Å². The topological polar surface area (TPSA) is 82.2 Å². The quantitative estimate of drug-likeness (QED) is 0.292. The van der Waals surface area contributed by atoms with Crippen LogP contribution >= 0.6 is 11.8 Å². The summed E-state index contributed by atoms with van der Waals surface area (Å²) in [6, 6.07) is 19.7. The van der Waals surface area contributed by atoms with Crippen LogP contribution in [0.5, 0.6) is 0 Å². The Balaban J connectivity index is 1.40. The van der Waals surface area contributed by atoms with Crippen LogP contribution < -0.4 is 0 Å². The van der Waals surface area contributed by atoms with Crippen molar-refractivity contribution in [1.82, 2.24) is 24.6 Å². The molecule has 0 saturated heterocycles. The number of fused-ring (bicyclic) bond motifs is 3. The summed E-state index contributed by atoms with van der Waals surface area (Å²) >= 11 is 1.54. The van der Waals surface area contributed by atoms with Crippen LogP contribution in [0.25, 0.3) is 39.6 Å². The first kappa shape index (κ1) is 19.8. The number of thioether (sulfide) groups is 1. The van der Waals surface area contributed by atoms with E-state index in [9.17, 15) is 0 Å². The van der Waals surface area contributed by atoms with Gasteiger partial charge in [0.1, 0.15) is 5.76 Å². The molecule has 33 heavy (non-hydrogen) atoms. The number of nitrogens with zero attached hydrogens (tertiary/aromatic N) is 5. The van der Waals surface area contributed by atoms with E-state index in [2.05, 4.69) is 23.2 Å². The van der Waals surface area contributed by atoms with Crippen molar-refractivity contribution >= 4 is 28.3 Å². The number of hydrogen-bond acceptors (Lipinski definition) is 7. The smallest absolute Gasteiger partial charge is 0.226 e. The van der Waals surface area contributed by atoms with E-state index in [0.717, 1.165) is 44.3 Å². The SMILES string of the molecule is Cc1ccccc1-c1nc(CSc2nnc3c4ccccc4nc(-c4ccco4)n23)c(C)o1. The third-order valence-electron chi connectivity index (χ3n) is 5.56. The van der Waals surface area contributed by atoms with Crippen LogP contribution in [-0.4, -0.2) is 24.6 Å². The molecule has 0 radical (unpaired) electrons. The van der Waals surface area contributed by atoms with E-state index < -0.39 is 0 Å². The molecular weight excluding hydrogens is 434 g/mol. The summed E-state index contributed by atoms with van der Waals surface area (Å²) < 4.78 is 13.6. The molecule has 0 saturated carbocycles. The fourth-order valence-electron chi connectivity index (χ4n) is 3.85. The summed E-state index contributed by atoms with van der Waals surface area (Å²) in [4.78, 5) is 9.61. The van der Waals surface area contributed by atoms with Crippen molar-refractivity contribution in [1.29, 1.82) is 0 Å². The zero-order valence-electron chi connectivity index (χ0n) is 18.0. The van der Waals surface area contributed by atoms with Crippen molar-refractivity contribution in [2.24, 2.45) is 0 Å². The summed E-state index contributed by atoms with van der Waals surface area (Å²) in [5.74, 6) is 3.35. The third-order valence-corrected chi connectivity index (χ3v) is 6.50. The normalized spacial score (nSPS) is 11.6. The number of hydrogen-bond donors (Lipinski definition) is 0. The largest absolute Gasteiger partial charge is 0.461 e. The predicted molar refractivity (Wildman–Crippen MR) is 127 cm³/mol. The Hall–Kier alpha value is -3.91. The molecule has 0 fully saturated rings. The highest BCUT2D eigenvalue weighted by Gasteiger charge is 2.20. The molecule has 8 heteroatoms. The fraction of sp³-hybridized carbons (Fsp3) is 0.120. The second-order valence-electron chi connectivity index (χ2n) is 7.70. The number of rotatable bonds is 5. The Morgan fingerprint density at radius 3 is 2.61 bits per heavy atom. The molecule has 0 aliphatic carbocycles. The van der Waals surface area contributed by atoms with E-state index in [4.69, 9.17) is 18.8 Å². The van der Waals surface area contributed by atoms with Crippen molar-refractivity contribution in [2.75, 3.05) is 0 Å². The van der Waals surface area contributed by atoms with Crippen LogP contribution in [0.1, 0.15) is 17.0 Å². The summed E-state index contributed by atoms with van der Waals surface area (Å²) in [5.41, 5.74) is 4.59. The van der Waals surface area contributed by atoms with Gasteiger partial charge in [-0.2, -0.15) is 0 Å². The Morgan fingerprint density at radius 1 is 0.909 bits per heavy atom. The van der Waals surface area contributed by atoms with Crippen LogP contribution in [0.15, 0.2) is 80.9 Å². The monoisotopic (exact) mass is 453 g/mol. The highest BCUT2D eigenvalue weighted by Crippen LogP contribution is 2.32. The lowest BCUT2D eigenvalue weighted by Gasteiger charge is -2.07. The number of oxazole rings is 1. The maximum absolute atomic E-state index is 5.98. The molecule has 0 aliphatic rings. The molecule has 162 valence electrons. The Bertz CT molecular complexity index is 1600. The van der Waals surface area contributed by atoms with Crippen molar-refractivity contribution in [2.45, 2.75) is 24.8 Å². The molecule has 0 aliphatic heterocycles. The number of aromatic nitrogens is 5. The molecule has 0 unspecified atom stereocenters. The van der Waals surface area contributed by atoms with Gasteiger partial charge in [-0.25, -0.2) is 9.97 Å². The average molecular weight is 454 g/mol. The first-order valence-corrected chi connectivity index (χ1v) is 11.5. The zero-order valence-corrected chi connectivity index (χ0v) is 18.8. The Morgan fingerprint density at radius 2 is 1.76 bits per heavy atom. The third kappa shape index (κ3) is 3.39. The number of para-hydroxylation sites is 1. The van der Waals surface area contributed by atoms with E-state index >= 15 is 0 Å². The van der Waals surface area contributed by atoms with E-state index in [1.165, 1.54) is 0 Å². The maximum atomic E-state index is 5.98. The van der Waals surface area contributed by atoms with E-state index in [-0.39, 0.29) is 0 Å². The molecule has 0 bridgehead atoms. The molecule has 4 aromatic heterocycles. The van der Waals surface area contributed by atoms with E-state index in [1.807, 2.05) is 65.9 Å². The van der Waals surface area contributed by atoms with Crippen LogP contribution in [0.2, 0.25) is 0 Å². The fourth-order valence-corrected chi connectivity index (χ4v) is 4.78. The zero-order chi connectivity index (χ0) is 22.4. The standard InChI is InChI=1S/C25H19N5O2S/c1-15-8-3-4-9-17(15)24-27-20(16(2)32-24)14-33-25-29-28-22-18-10-5-6-11-19(18)26-23(30(22)25)21-12-7-13-31-21/h3-13H,14H2,1-2H3. The highest BCUT2D eigenvalue weighted by molar-refractivity contribution is 7.98. The summed E-state index contributed by atoms with van der Waals surface area (Å²) in [6.07, 6.45) is 1.64. The van der Waals surface area contributed by atoms with Crippen LogP contribution in [0.3, 0.4) is 0 Å². The second kappa shape index (κ2) is 7.90. The van der Waals surface area contributed by atoms with Crippen molar-refractivity contribution in [3.8, 4) is 23.0 Å². The molecule has 7 nitrogen and oxygen atoms in total. The molecule has 0 atom stereocenters. The van der Waals surface area contributed by atoms with Crippen molar-refractivity contribution in [3.63, 3.8) is 0 Å². The van der Waals surface area contributed by atoms with Gasteiger partial charge < -0.3 is 8.83 Å². The van der Waals surface area contributed by atoms with Crippen LogP contribution in [0, 0.1) is 13.8 Å². The number of furan rings is 1. The minimum absolute atomic E-state index is 0.590. The second-order valence-corrected chi connectivity index (χ2v) is 8.64. The predicted octanol–water partition coefficient (Wildman–Crippen LogP) is 6.10. The van der Waals surface area contributed by atoms with E-state index in [0.29, 0.717) is 23.2 Å². The minimum Gasteiger partial charge on any atom is -0.461 e. The molecule has 0 N–H and O–H groups in total. The van der Waals surface area contributed by atoms with Crippen molar-refractivity contribution < 1.29 is 8.83 Å². The van der Waals surface area contributed by atoms with Gasteiger partial charge in [0.2, 0.25) is 5.89 Å². The lowest BCUT2D eigenvalue weighted by atomic mass is 10.1. The van der Waals surface area contributed by atoms with Gasteiger partial charge in [0.25, 0.3) is 0 Å².